The van der Waals surface area contributed by atoms with Crippen molar-refractivity contribution >= 4 is 33.4 Å². The van der Waals surface area contributed by atoms with Gasteiger partial charge in [-0.2, -0.15) is 0 Å². The second-order valence-electron chi connectivity index (χ2n) is 14.6. The van der Waals surface area contributed by atoms with Gasteiger partial charge in [0.05, 0.1) is 19.8 Å². The first-order chi connectivity index (χ1) is 27.8. The smallest absolute Gasteiger partial charge is 0.462 e. The number of hydrogen-bond donors (Lipinski definition) is 4. The molecule has 4 N–H and O–H groups in total. The number of carbonyl (C=O) groups excluding carboxylic acids is 3. The van der Waals surface area contributed by atoms with Gasteiger partial charge in [-0.15, -0.1) is 0 Å². The number of ether oxygens (including phenoxy) is 2. The quantitative estimate of drug-likeness (QED) is 0.0112. The summed E-state index contributed by atoms with van der Waals surface area (Å²) in [4.78, 5) is 64.7. The lowest BCUT2D eigenvalue weighted by Gasteiger charge is -2.20. The van der Waals surface area contributed by atoms with E-state index in [-0.39, 0.29) is 18.6 Å². The van der Waals surface area contributed by atoms with E-state index in [1.165, 1.54) is 51.4 Å². The molecule has 0 fully saturated rings. The Hall–Kier alpha value is -1.99. The highest BCUT2D eigenvalue weighted by molar-refractivity contribution is 7.47. The predicted octanol–water partition coefficient (Wildman–Crippen LogP) is 10.1. The average Bonchev–Trinajstić information content (AvgIpc) is 3.17. The highest BCUT2D eigenvalue weighted by Crippen LogP contribution is 2.43. The molecule has 338 valence electrons. The minimum Gasteiger partial charge on any atom is -0.462 e. The highest BCUT2D eigenvalue weighted by atomic mass is 31.2. The third kappa shape index (κ3) is 40.8. The summed E-state index contributed by atoms with van der Waals surface area (Å²) in [5.41, 5.74) is 0. The largest absolute Gasteiger partial charge is 0.472 e. The van der Waals surface area contributed by atoms with Crippen LogP contribution in [-0.4, -0.2) is 76.1 Å². The molecule has 0 aliphatic heterocycles. The number of aliphatic hydroxyl groups excluding tert-OH is 1. The van der Waals surface area contributed by atoms with Gasteiger partial charge >= 0.3 is 27.6 Å². The summed E-state index contributed by atoms with van der Waals surface area (Å²) in [6.45, 7) is 1.56. The van der Waals surface area contributed by atoms with E-state index in [9.17, 15) is 33.5 Å². The predicted molar refractivity (Wildman–Crippen MR) is 226 cm³/mol. The number of unbranched alkanes of at least 4 members (excludes halogenated alkanes) is 18. The van der Waals surface area contributed by atoms with Crippen LogP contribution in [0.15, 0.2) is 36.5 Å². The monoisotopic (exact) mass is 866 g/mol. The summed E-state index contributed by atoms with van der Waals surface area (Å²) in [6.07, 6.45) is 32.4. The van der Waals surface area contributed by atoms with Crippen molar-refractivity contribution in [2.75, 3.05) is 26.4 Å². The Balaban J connectivity index is 4.62. The summed E-state index contributed by atoms with van der Waals surface area (Å²) in [5.74, 6) is -1.06. The molecule has 0 spiro atoms. The molecule has 0 bridgehead atoms. The molecule has 0 aromatic heterocycles. The zero-order valence-corrected chi connectivity index (χ0v) is 37.2. The van der Waals surface area contributed by atoms with Crippen LogP contribution >= 0.6 is 15.6 Å². The second kappa shape index (κ2) is 38.0. The Kier molecular flexibility index (Phi) is 36.7. The Morgan fingerprint density at radius 1 is 0.534 bits per heavy atom. The van der Waals surface area contributed by atoms with Gasteiger partial charge in [0.15, 0.2) is 11.9 Å². The van der Waals surface area contributed by atoms with Crippen LogP contribution < -0.4 is 0 Å². The molecular formula is C42H76O14P2. The number of aliphatic hydroxyl groups is 1. The lowest BCUT2D eigenvalue weighted by Crippen LogP contribution is -2.30. The molecule has 3 atom stereocenters. The van der Waals surface area contributed by atoms with Gasteiger partial charge in [-0.05, 0) is 63.9 Å². The Morgan fingerprint density at radius 3 is 1.60 bits per heavy atom. The van der Waals surface area contributed by atoms with Crippen LogP contribution in [0.4, 0.5) is 0 Å². The molecule has 0 heterocycles. The van der Waals surface area contributed by atoms with Crippen LogP contribution in [0.3, 0.4) is 0 Å². The number of carbonyl (C=O) groups is 3. The molecule has 0 aromatic carbocycles. The zero-order chi connectivity index (χ0) is 43.2. The summed E-state index contributed by atoms with van der Waals surface area (Å²) in [7, 11) is -9.71. The van der Waals surface area contributed by atoms with Gasteiger partial charge < -0.3 is 29.3 Å². The molecule has 0 saturated carbocycles. The summed E-state index contributed by atoms with van der Waals surface area (Å²) < 4.78 is 47.6. The van der Waals surface area contributed by atoms with Crippen molar-refractivity contribution in [2.45, 2.75) is 187 Å². The van der Waals surface area contributed by atoms with Crippen molar-refractivity contribution in [1.29, 1.82) is 0 Å². The molecule has 0 amide bonds. The standard InChI is InChI=1S/C42H76O14P2/c1-3-5-7-9-11-12-13-14-15-16-17-18-20-24-28-32-41(45)52-36-40(37-55-58(50,51)54-35-39(44)34-53-57(47,48)49)56-42(46)33-29-25-21-23-27-31-38(43)30-26-22-19-10-8-6-4-2/h14-15,19,22,26,30,39-40,44H,3-13,16-18,20-21,23-25,27-29,31-37H2,1-2H3,(H,50,51)(H2,47,48,49)/b15-14-,22-19-,30-26+/t39-,40+/m0/s1. The maximum Gasteiger partial charge on any atom is 0.472 e. The van der Waals surface area contributed by atoms with Crippen LogP contribution in [-0.2, 0) is 46.6 Å². The van der Waals surface area contributed by atoms with Gasteiger partial charge in [-0.3, -0.25) is 28.0 Å². The van der Waals surface area contributed by atoms with E-state index in [0.717, 1.165) is 77.0 Å². The van der Waals surface area contributed by atoms with Crippen LogP contribution in [0.2, 0.25) is 0 Å². The fourth-order valence-corrected chi connectivity index (χ4v) is 6.77. The van der Waals surface area contributed by atoms with E-state index in [1.54, 1.807) is 12.2 Å². The number of ketones is 1. The van der Waals surface area contributed by atoms with Gasteiger partial charge in [0.2, 0.25) is 0 Å². The van der Waals surface area contributed by atoms with Crippen LogP contribution in [0.25, 0.3) is 0 Å². The maximum atomic E-state index is 12.6. The van der Waals surface area contributed by atoms with E-state index in [1.807, 2.05) is 6.08 Å². The van der Waals surface area contributed by atoms with Gasteiger partial charge in [0.1, 0.15) is 12.7 Å². The minimum atomic E-state index is -4.88. The van der Waals surface area contributed by atoms with Gasteiger partial charge in [-0.1, -0.05) is 128 Å². The van der Waals surface area contributed by atoms with Crippen LogP contribution in [0.1, 0.15) is 174 Å². The fraction of sp³-hybridized carbons (Fsp3) is 0.786. The van der Waals surface area contributed by atoms with Crippen LogP contribution in [0, 0.1) is 0 Å². The number of allylic oxidation sites excluding steroid dienone is 6. The van der Waals surface area contributed by atoms with Crippen molar-refractivity contribution in [2.24, 2.45) is 0 Å². The van der Waals surface area contributed by atoms with Crippen molar-refractivity contribution in [3.8, 4) is 0 Å². The number of esters is 2. The number of phosphoric ester groups is 2. The molecular weight excluding hydrogens is 790 g/mol. The molecule has 1 unspecified atom stereocenters. The molecule has 16 heteroatoms. The molecule has 0 aliphatic rings. The minimum absolute atomic E-state index is 0.0463. The van der Waals surface area contributed by atoms with Crippen molar-refractivity contribution in [3.63, 3.8) is 0 Å². The second-order valence-corrected chi connectivity index (χ2v) is 17.3. The first-order valence-corrected chi connectivity index (χ1v) is 24.7. The summed E-state index contributed by atoms with van der Waals surface area (Å²) in [6, 6.07) is 0. The van der Waals surface area contributed by atoms with E-state index >= 15 is 0 Å². The normalized spacial score (nSPS) is 14.3. The number of hydrogen-bond acceptors (Lipinski definition) is 11. The average molecular weight is 867 g/mol. The molecule has 0 rings (SSSR count). The SMILES string of the molecule is CCCCC/C=C\C=C\C(=O)CCCCCCCC(=O)O[C@H](COC(=O)CCCCCCC/C=C\CCCCCCCC)COP(=O)(O)OC[C@@H](O)COP(=O)(O)O. The molecule has 0 aliphatic carbocycles. The lowest BCUT2D eigenvalue weighted by atomic mass is 10.1. The summed E-state index contributed by atoms with van der Waals surface area (Å²) in [5, 5.41) is 9.73. The third-order valence-electron chi connectivity index (χ3n) is 8.97. The lowest BCUT2D eigenvalue weighted by molar-refractivity contribution is -0.161. The Bertz CT molecular complexity index is 1230. The summed E-state index contributed by atoms with van der Waals surface area (Å²) >= 11 is 0. The number of phosphoric acid groups is 2. The molecule has 14 nitrogen and oxygen atoms in total. The Morgan fingerprint density at radius 2 is 1.00 bits per heavy atom. The Labute approximate surface area is 348 Å². The maximum absolute atomic E-state index is 12.6. The molecule has 0 aromatic rings. The van der Waals surface area contributed by atoms with E-state index < -0.39 is 66.2 Å². The van der Waals surface area contributed by atoms with Gasteiger partial charge in [0, 0.05) is 19.3 Å². The zero-order valence-electron chi connectivity index (χ0n) is 35.4. The van der Waals surface area contributed by atoms with Crippen molar-refractivity contribution in [1.82, 2.24) is 0 Å². The van der Waals surface area contributed by atoms with Gasteiger partial charge in [-0.25, -0.2) is 9.13 Å². The first kappa shape index (κ1) is 56.0. The van der Waals surface area contributed by atoms with Crippen molar-refractivity contribution in [3.05, 3.63) is 36.5 Å². The van der Waals surface area contributed by atoms with E-state index in [0.29, 0.717) is 19.3 Å². The fourth-order valence-electron chi connectivity index (χ4n) is 5.62. The topological polar surface area (TPSA) is 212 Å². The van der Waals surface area contributed by atoms with E-state index in [2.05, 4.69) is 41.1 Å². The number of rotatable bonds is 41. The molecule has 58 heavy (non-hydrogen) atoms. The molecule has 0 radical (unpaired) electrons. The molecule has 0 saturated heterocycles. The third-order valence-corrected chi connectivity index (χ3v) is 10.4. The van der Waals surface area contributed by atoms with E-state index in [4.69, 9.17) is 23.8 Å². The van der Waals surface area contributed by atoms with Crippen molar-refractivity contribution < 1.29 is 66.3 Å². The first-order valence-electron chi connectivity index (χ1n) is 21.6. The van der Waals surface area contributed by atoms with Crippen LogP contribution in [0.5, 0.6) is 0 Å². The van der Waals surface area contributed by atoms with Gasteiger partial charge in [0.25, 0.3) is 0 Å². The highest BCUT2D eigenvalue weighted by Gasteiger charge is 2.28.